The lowest BCUT2D eigenvalue weighted by Crippen LogP contribution is -2.08. The van der Waals surface area contributed by atoms with Gasteiger partial charge in [0.1, 0.15) is 5.75 Å². The van der Waals surface area contributed by atoms with Gasteiger partial charge in [0.05, 0.1) is 12.7 Å². The molecule has 4 aromatic rings. The fraction of sp³-hybridized carbons (Fsp3) is 0.154. The highest BCUT2D eigenvalue weighted by atomic mass is 16.5. The second-order valence-electron chi connectivity index (χ2n) is 7.14. The summed E-state index contributed by atoms with van der Waals surface area (Å²) in [5, 5.41) is 10.6. The first-order valence-corrected chi connectivity index (χ1v) is 10.1. The van der Waals surface area contributed by atoms with Crippen LogP contribution in [0.25, 0.3) is 21.9 Å². The molecule has 0 saturated heterocycles. The van der Waals surface area contributed by atoms with E-state index < -0.39 is 5.97 Å². The van der Waals surface area contributed by atoms with Crippen molar-refractivity contribution >= 4 is 16.7 Å². The van der Waals surface area contributed by atoms with Crippen LogP contribution in [0.1, 0.15) is 22.3 Å². The number of methoxy groups -OCH3 is 1. The summed E-state index contributed by atoms with van der Waals surface area (Å²) in [6.45, 7) is 0.172. The molecule has 1 aromatic heterocycles. The van der Waals surface area contributed by atoms with Gasteiger partial charge in [0.15, 0.2) is 0 Å². The van der Waals surface area contributed by atoms with E-state index in [0.29, 0.717) is 17.2 Å². The van der Waals surface area contributed by atoms with Crippen LogP contribution in [0.15, 0.2) is 79.0 Å². The van der Waals surface area contributed by atoms with Crippen LogP contribution >= 0.6 is 0 Å². The predicted octanol–water partition coefficient (Wildman–Crippen LogP) is 5.05. The number of aliphatic hydroxyl groups is 1. The molecule has 31 heavy (non-hydrogen) atoms. The summed E-state index contributed by atoms with van der Waals surface area (Å²) in [5.41, 5.74) is 3.44. The number of benzene rings is 3. The number of fused-ring (bicyclic) bond motifs is 1. The number of hydrogen-bond acceptors (Lipinski definition) is 5. The highest BCUT2D eigenvalue weighted by Crippen LogP contribution is 2.39. The summed E-state index contributed by atoms with van der Waals surface area (Å²) in [7, 11) is 1.57. The van der Waals surface area contributed by atoms with E-state index >= 15 is 0 Å². The molecule has 0 spiro atoms. The van der Waals surface area contributed by atoms with Crippen LogP contribution in [-0.2, 0) is 6.42 Å². The first-order valence-electron chi connectivity index (χ1n) is 10.1. The van der Waals surface area contributed by atoms with E-state index in [-0.39, 0.29) is 6.61 Å². The van der Waals surface area contributed by atoms with Crippen molar-refractivity contribution in [3.63, 3.8) is 0 Å². The monoisotopic (exact) mass is 413 g/mol. The molecular formula is C26H23NO4. The Morgan fingerprint density at radius 1 is 0.968 bits per heavy atom. The molecule has 0 fully saturated rings. The topological polar surface area (TPSA) is 68.7 Å². The molecule has 4 rings (SSSR count). The van der Waals surface area contributed by atoms with Crippen molar-refractivity contribution in [2.75, 3.05) is 13.7 Å². The van der Waals surface area contributed by atoms with Crippen LogP contribution in [0, 0.1) is 0 Å². The van der Waals surface area contributed by atoms with E-state index in [2.05, 4.69) is 4.98 Å². The van der Waals surface area contributed by atoms with Crippen molar-refractivity contribution in [2.45, 2.75) is 12.8 Å². The number of esters is 1. The largest absolute Gasteiger partial charge is 0.481 e. The van der Waals surface area contributed by atoms with E-state index in [4.69, 9.17) is 14.6 Å². The van der Waals surface area contributed by atoms with Crippen molar-refractivity contribution in [3.8, 4) is 22.8 Å². The van der Waals surface area contributed by atoms with Crippen LogP contribution in [0.5, 0.6) is 11.6 Å². The molecule has 0 unspecified atom stereocenters. The Hall–Kier alpha value is -3.70. The van der Waals surface area contributed by atoms with Gasteiger partial charge in [-0.3, -0.25) is 0 Å². The van der Waals surface area contributed by atoms with Crippen LogP contribution in [0.3, 0.4) is 0 Å². The van der Waals surface area contributed by atoms with Gasteiger partial charge in [-0.15, -0.1) is 0 Å². The molecule has 0 amide bonds. The molecule has 0 aliphatic heterocycles. The number of aliphatic hydroxyl groups excluding tert-OH is 1. The van der Waals surface area contributed by atoms with E-state index in [1.807, 2.05) is 42.5 Å². The van der Waals surface area contributed by atoms with E-state index in [1.165, 1.54) is 0 Å². The fourth-order valence-corrected chi connectivity index (χ4v) is 3.58. The second kappa shape index (κ2) is 9.41. The number of ether oxygens (including phenoxy) is 2. The maximum Gasteiger partial charge on any atom is 0.343 e. The quantitative estimate of drug-likeness (QED) is 0.339. The van der Waals surface area contributed by atoms with Gasteiger partial charge < -0.3 is 14.6 Å². The van der Waals surface area contributed by atoms with Gasteiger partial charge in [0.25, 0.3) is 0 Å². The third-order valence-electron chi connectivity index (χ3n) is 5.13. The molecule has 0 aliphatic rings. The Morgan fingerprint density at radius 2 is 1.74 bits per heavy atom. The maximum absolute atomic E-state index is 12.7. The predicted molar refractivity (Wildman–Crippen MR) is 121 cm³/mol. The van der Waals surface area contributed by atoms with E-state index in [9.17, 15) is 4.79 Å². The van der Waals surface area contributed by atoms with Crippen LogP contribution < -0.4 is 9.47 Å². The van der Waals surface area contributed by atoms with Crippen molar-refractivity contribution in [3.05, 3.63) is 90.1 Å². The number of nitrogens with zero attached hydrogens (tertiary/aromatic N) is 1. The number of carbonyl (C=O) groups is 1. The average Bonchev–Trinajstić information content (AvgIpc) is 2.83. The minimum absolute atomic E-state index is 0.172. The van der Waals surface area contributed by atoms with Crippen molar-refractivity contribution in [1.82, 2.24) is 4.98 Å². The van der Waals surface area contributed by atoms with Gasteiger partial charge in [-0.1, -0.05) is 48.5 Å². The molecule has 5 heteroatoms. The first kappa shape index (κ1) is 20.6. The molecule has 3 aromatic carbocycles. The Labute approximate surface area is 180 Å². The summed E-state index contributed by atoms with van der Waals surface area (Å²) in [6, 6.07) is 22.5. The molecule has 0 bridgehead atoms. The zero-order chi connectivity index (χ0) is 21.6. The lowest BCUT2D eigenvalue weighted by molar-refractivity contribution is 0.0737. The molecule has 156 valence electrons. The summed E-state index contributed by atoms with van der Waals surface area (Å²) >= 11 is 0. The third kappa shape index (κ3) is 4.42. The van der Waals surface area contributed by atoms with Crippen LogP contribution in [0.4, 0.5) is 0 Å². The summed E-state index contributed by atoms with van der Waals surface area (Å²) in [4.78, 5) is 17.2. The average molecular weight is 413 g/mol. The summed E-state index contributed by atoms with van der Waals surface area (Å²) in [6.07, 6.45) is 3.29. The minimum Gasteiger partial charge on any atom is -0.481 e. The molecule has 1 N–H and O–H groups in total. The van der Waals surface area contributed by atoms with Gasteiger partial charge in [0.2, 0.25) is 5.88 Å². The SMILES string of the molecule is COc1ncc(-c2ccc(CCCO)cc2)c2c(OC(=O)c3ccccc3)cccc12. The molecule has 0 aliphatic carbocycles. The van der Waals surface area contributed by atoms with Crippen LogP contribution in [-0.4, -0.2) is 29.8 Å². The lowest BCUT2D eigenvalue weighted by Gasteiger charge is -2.14. The van der Waals surface area contributed by atoms with Gasteiger partial charge in [0, 0.05) is 29.1 Å². The van der Waals surface area contributed by atoms with Gasteiger partial charge in [-0.2, -0.15) is 0 Å². The Morgan fingerprint density at radius 3 is 2.45 bits per heavy atom. The Kier molecular flexibility index (Phi) is 6.24. The van der Waals surface area contributed by atoms with Crippen molar-refractivity contribution < 1.29 is 19.4 Å². The summed E-state index contributed by atoms with van der Waals surface area (Å²) in [5.74, 6) is 0.497. The first-order chi connectivity index (χ1) is 15.2. The van der Waals surface area contributed by atoms with Gasteiger partial charge in [-0.05, 0) is 48.2 Å². The molecule has 0 saturated carbocycles. The molecule has 0 radical (unpaired) electrons. The third-order valence-corrected chi connectivity index (χ3v) is 5.13. The number of aryl methyl sites for hydroxylation is 1. The van der Waals surface area contributed by atoms with E-state index in [0.717, 1.165) is 40.3 Å². The molecule has 0 atom stereocenters. The molecule has 1 heterocycles. The Balaban J connectivity index is 1.79. The summed E-state index contributed by atoms with van der Waals surface area (Å²) < 4.78 is 11.3. The van der Waals surface area contributed by atoms with Crippen molar-refractivity contribution in [2.24, 2.45) is 0 Å². The number of pyridine rings is 1. The molecular weight excluding hydrogens is 390 g/mol. The normalized spacial score (nSPS) is 10.8. The lowest BCUT2D eigenvalue weighted by atomic mass is 9.98. The zero-order valence-electron chi connectivity index (χ0n) is 17.2. The number of rotatable bonds is 7. The smallest absolute Gasteiger partial charge is 0.343 e. The highest BCUT2D eigenvalue weighted by molar-refractivity contribution is 6.04. The second-order valence-corrected chi connectivity index (χ2v) is 7.14. The van der Waals surface area contributed by atoms with E-state index in [1.54, 1.807) is 43.6 Å². The number of carbonyl (C=O) groups excluding carboxylic acids is 1. The molecule has 5 nitrogen and oxygen atoms in total. The minimum atomic E-state index is -0.422. The van der Waals surface area contributed by atoms with Gasteiger partial charge >= 0.3 is 5.97 Å². The number of hydrogen-bond donors (Lipinski definition) is 1. The van der Waals surface area contributed by atoms with Gasteiger partial charge in [-0.25, -0.2) is 9.78 Å². The zero-order valence-corrected chi connectivity index (χ0v) is 17.2. The standard InChI is InChI=1S/C26H23NO4/c1-30-25-21-10-5-11-23(31-26(29)20-8-3-2-4-9-20)24(21)22(17-27-25)19-14-12-18(13-15-19)7-6-16-28/h2-5,8-15,17,28H,6-7,16H2,1H3. The maximum atomic E-state index is 12.7. The van der Waals surface area contributed by atoms with Crippen LogP contribution in [0.2, 0.25) is 0 Å². The van der Waals surface area contributed by atoms with Crippen molar-refractivity contribution in [1.29, 1.82) is 0 Å². The fourth-order valence-electron chi connectivity index (χ4n) is 3.58. The Bertz CT molecular complexity index is 1190. The number of aromatic nitrogens is 1. The highest BCUT2D eigenvalue weighted by Gasteiger charge is 2.17.